The smallest absolute Gasteiger partial charge is 0.0266 e. The number of hydrogen-bond donors (Lipinski definition) is 1. The molecule has 0 aliphatic heterocycles. The average Bonchev–Trinajstić information content (AvgIpc) is 2.30. The lowest BCUT2D eigenvalue weighted by Gasteiger charge is -2.09. The van der Waals surface area contributed by atoms with Gasteiger partial charge in [0.05, 0.1) is 0 Å². The summed E-state index contributed by atoms with van der Waals surface area (Å²) in [5.74, 6) is 0. The summed E-state index contributed by atoms with van der Waals surface area (Å²) < 4.78 is 0. The van der Waals surface area contributed by atoms with E-state index in [-0.39, 0.29) is 6.04 Å². The summed E-state index contributed by atoms with van der Waals surface area (Å²) in [7, 11) is 0. The van der Waals surface area contributed by atoms with E-state index in [1.165, 1.54) is 22.3 Å². The zero-order valence-electron chi connectivity index (χ0n) is 9.77. The van der Waals surface area contributed by atoms with Crippen molar-refractivity contribution in [3.05, 3.63) is 59.7 Å². The van der Waals surface area contributed by atoms with Crippen LogP contribution in [0.2, 0.25) is 0 Å². The van der Waals surface area contributed by atoms with E-state index >= 15 is 0 Å². The van der Waals surface area contributed by atoms with Gasteiger partial charge in [-0.1, -0.05) is 48.5 Å². The van der Waals surface area contributed by atoms with Gasteiger partial charge < -0.3 is 5.73 Å². The lowest BCUT2D eigenvalue weighted by Crippen LogP contribution is -2.04. The summed E-state index contributed by atoms with van der Waals surface area (Å²) in [6, 6.07) is 17.0. The van der Waals surface area contributed by atoms with E-state index in [1.54, 1.807) is 0 Å². The highest BCUT2D eigenvalue weighted by Crippen LogP contribution is 2.24. The van der Waals surface area contributed by atoms with Crippen LogP contribution in [0.25, 0.3) is 11.1 Å². The first-order valence-corrected chi connectivity index (χ1v) is 5.60. The van der Waals surface area contributed by atoms with Crippen LogP contribution >= 0.6 is 0 Å². The second-order valence-electron chi connectivity index (χ2n) is 4.23. The third-order valence-electron chi connectivity index (χ3n) is 2.89. The maximum atomic E-state index is 5.83. The molecule has 0 aromatic heterocycles. The van der Waals surface area contributed by atoms with Crippen LogP contribution in [0.4, 0.5) is 0 Å². The van der Waals surface area contributed by atoms with Crippen molar-refractivity contribution in [3.63, 3.8) is 0 Å². The van der Waals surface area contributed by atoms with Gasteiger partial charge in [0, 0.05) is 6.04 Å². The fourth-order valence-corrected chi connectivity index (χ4v) is 1.86. The lowest BCUT2D eigenvalue weighted by atomic mass is 9.98. The van der Waals surface area contributed by atoms with Gasteiger partial charge in [-0.15, -0.1) is 0 Å². The van der Waals surface area contributed by atoms with Crippen LogP contribution in [0.1, 0.15) is 24.1 Å². The van der Waals surface area contributed by atoms with Crippen molar-refractivity contribution < 1.29 is 0 Å². The number of nitrogens with two attached hydrogens (primary N) is 1. The molecule has 82 valence electrons. The third kappa shape index (κ3) is 2.15. The highest BCUT2D eigenvalue weighted by molar-refractivity contribution is 5.67. The van der Waals surface area contributed by atoms with Gasteiger partial charge in [-0.2, -0.15) is 0 Å². The molecule has 2 aromatic rings. The summed E-state index contributed by atoms with van der Waals surface area (Å²) in [4.78, 5) is 0. The molecule has 1 nitrogen and oxygen atoms in total. The molecule has 1 atom stereocenters. The zero-order valence-corrected chi connectivity index (χ0v) is 9.77. The molecule has 0 heterocycles. The van der Waals surface area contributed by atoms with Gasteiger partial charge in [0.2, 0.25) is 0 Å². The monoisotopic (exact) mass is 211 g/mol. The van der Waals surface area contributed by atoms with Gasteiger partial charge in [-0.25, -0.2) is 0 Å². The standard InChI is InChI=1S/C15H17N/c1-11-5-3-4-6-15(11)14-9-7-13(8-10-14)12(2)16/h3-10,12H,16H2,1-2H3. The Morgan fingerprint density at radius 1 is 0.938 bits per heavy atom. The largest absolute Gasteiger partial charge is 0.324 e. The van der Waals surface area contributed by atoms with Gasteiger partial charge in [-0.05, 0) is 36.1 Å². The van der Waals surface area contributed by atoms with Crippen molar-refractivity contribution in [1.82, 2.24) is 0 Å². The fourth-order valence-electron chi connectivity index (χ4n) is 1.86. The number of hydrogen-bond acceptors (Lipinski definition) is 1. The number of rotatable bonds is 2. The molecular weight excluding hydrogens is 194 g/mol. The average molecular weight is 211 g/mol. The summed E-state index contributed by atoms with van der Waals surface area (Å²) in [5.41, 5.74) is 10.9. The van der Waals surface area contributed by atoms with Crippen LogP contribution in [-0.4, -0.2) is 0 Å². The summed E-state index contributed by atoms with van der Waals surface area (Å²) in [6.07, 6.45) is 0. The predicted molar refractivity (Wildman–Crippen MR) is 69.2 cm³/mol. The van der Waals surface area contributed by atoms with Gasteiger partial charge in [0.1, 0.15) is 0 Å². The lowest BCUT2D eigenvalue weighted by molar-refractivity contribution is 0.818. The SMILES string of the molecule is Cc1ccccc1-c1ccc(C(C)N)cc1. The van der Waals surface area contributed by atoms with Crippen molar-refractivity contribution in [2.75, 3.05) is 0 Å². The Morgan fingerprint density at radius 2 is 1.56 bits per heavy atom. The van der Waals surface area contributed by atoms with Gasteiger partial charge in [-0.3, -0.25) is 0 Å². The minimum Gasteiger partial charge on any atom is -0.324 e. The molecule has 1 heteroatoms. The molecule has 2 N–H and O–H groups in total. The first kappa shape index (κ1) is 10.9. The number of benzene rings is 2. The molecule has 0 spiro atoms. The first-order chi connectivity index (χ1) is 7.68. The molecule has 0 saturated heterocycles. The maximum absolute atomic E-state index is 5.83. The van der Waals surface area contributed by atoms with Crippen molar-refractivity contribution in [1.29, 1.82) is 0 Å². The van der Waals surface area contributed by atoms with Crippen LogP contribution in [0.5, 0.6) is 0 Å². The normalized spacial score (nSPS) is 12.4. The molecule has 2 rings (SSSR count). The molecule has 0 radical (unpaired) electrons. The molecule has 16 heavy (non-hydrogen) atoms. The minimum atomic E-state index is 0.103. The van der Waals surface area contributed by atoms with Crippen molar-refractivity contribution in [3.8, 4) is 11.1 Å². The molecule has 2 aromatic carbocycles. The highest BCUT2D eigenvalue weighted by atomic mass is 14.6. The van der Waals surface area contributed by atoms with E-state index in [0.717, 1.165) is 0 Å². The minimum absolute atomic E-state index is 0.103. The Bertz CT molecular complexity index is 469. The van der Waals surface area contributed by atoms with Crippen LogP contribution in [0.15, 0.2) is 48.5 Å². The van der Waals surface area contributed by atoms with Crippen LogP contribution in [-0.2, 0) is 0 Å². The molecule has 0 saturated carbocycles. The zero-order chi connectivity index (χ0) is 11.5. The summed E-state index contributed by atoms with van der Waals surface area (Å²) >= 11 is 0. The van der Waals surface area contributed by atoms with E-state index in [4.69, 9.17) is 5.73 Å². The molecule has 1 unspecified atom stereocenters. The summed E-state index contributed by atoms with van der Waals surface area (Å²) in [6.45, 7) is 4.14. The molecular formula is C15H17N. The van der Waals surface area contributed by atoms with Crippen molar-refractivity contribution in [2.24, 2.45) is 5.73 Å². The second-order valence-corrected chi connectivity index (χ2v) is 4.23. The predicted octanol–water partition coefficient (Wildman–Crippen LogP) is 3.68. The van der Waals surface area contributed by atoms with Gasteiger partial charge in [0.25, 0.3) is 0 Å². The Morgan fingerprint density at radius 3 is 2.12 bits per heavy atom. The van der Waals surface area contributed by atoms with Gasteiger partial charge >= 0.3 is 0 Å². The topological polar surface area (TPSA) is 26.0 Å². The summed E-state index contributed by atoms with van der Waals surface area (Å²) in [5, 5.41) is 0. The van der Waals surface area contributed by atoms with Crippen LogP contribution < -0.4 is 5.73 Å². The Hall–Kier alpha value is -1.60. The second kappa shape index (κ2) is 4.50. The highest BCUT2D eigenvalue weighted by Gasteiger charge is 2.02. The molecule has 0 fully saturated rings. The van der Waals surface area contributed by atoms with Crippen molar-refractivity contribution >= 4 is 0 Å². The van der Waals surface area contributed by atoms with Crippen molar-refractivity contribution in [2.45, 2.75) is 19.9 Å². The first-order valence-electron chi connectivity index (χ1n) is 5.60. The van der Waals surface area contributed by atoms with E-state index in [2.05, 4.69) is 55.5 Å². The van der Waals surface area contributed by atoms with E-state index < -0.39 is 0 Å². The molecule has 0 aliphatic rings. The molecule has 0 aliphatic carbocycles. The third-order valence-corrected chi connectivity index (χ3v) is 2.89. The van der Waals surface area contributed by atoms with E-state index in [1.807, 2.05) is 6.92 Å². The van der Waals surface area contributed by atoms with Gasteiger partial charge in [0.15, 0.2) is 0 Å². The van der Waals surface area contributed by atoms with Crippen LogP contribution in [0.3, 0.4) is 0 Å². The fraction of sp³-hybridized carbons (Fsp3) is 0.200. The quantitative estimate of drug-likeness (QED) is 0.805. The Balaban J connectivity index is 2.39. The van der Waals surface area contributed by atoms with E-state index in [0.29, 0.717) is 0 Å². The maximum Gasteiger partial charge on any atom is 0.0266 e. The Kier molecular flexibility index (Phi) is 3.07. The Labute approximate surface area is 96.9 Å². The number of aryl methyl sites for hydroxylation is 1. The molecule has 0 amide bonds. The molecule has 0 bridgehead atoms. The van der Waals surface area contributed by atoms with E-state index in [9.17, 15) is 0 Å². The van der Waals surface area contributed by atoms with Crippen LogP contribution in [0, 0.1) is 6.92 Å².